The molecule has 3 N–H and O–H groups in total. The number of unbranched alkanes of at least 4 members (excludes halogenated alkanes) is 5. The Bertz CT molecular complexity index is 641. The standard InChI is InChI=1S/C25H42O4/c1-24(2,3)15-11-7-6-9-13-19-17-20(26)18-22(27)21(19)14-10-8-12-16-25(4,5)23(28)29/h17-18,26-27H,6-16H2,1-5H3,(H,28,29). The molecule has 1 rings (SSSR count). The van der Waals surface area contributed by atoms with Gasteiger partial charge in [-0.15, -0.1) is 0 Å². The highest BCUT2D eigenvalue weighted by Crippen LogP contribution is 2.31. The van der Waals surface area contributed by atoms with E-state index in [1.165, 1.54) is 25.3 Å². The lowest BCUT2D eigenvalue weighted by atomic mass is 9.86. The van der Waals surface area contributed by atoms with Crippen molar-refractivity contribution >= 4 is 5.97 Å². The first-order valence-corrected chi connectivity index (χ1v) is 11.2. The van der Waals surface area contributed by atoms with Gasteiger partial charge in [0.05, 0.1) is 5.41 Å². The minimum atomic E-state index is -0.751. The zero-order valence-electron chi connectivity index (χ0n) is 19.2. The highest BCUT2D eigenvalue weighted by atomic mass is 16.4. The Morgan fingerprint density at radius 1 is 0.793 bits per heavy atom. The maximum Gasteiger partial charge on any atom is 0.309 e. The topological polar surface area (TPSA) is 77.8 Å². The number of aromatic hydroxyl groups is 2. The van der Waals surface area contributed by atoms with Gasteiger partial charge in [0.25, 0.3) is 0 Å². The number of hydrogen-bond donors (Lipinski definition) is 3. The molecule has 4 heteroatoms. The molecule has 0 unspecified atom stereocenters. The minimum Gasteiger partial charge on any atom is -0.508 e. The normalized spacial score (nSPS) is 12.3. The number of phenolic OH excluding ortho intramolecular Hbond substituents is 2. The zero-order valence-corrected chi connectivity index (χ0v) is 19.2. The molecule has 4 nitrogen and oxygen atoms in total. The van der Waals surface area contributed by atoms with E-state index >= 15 is 0 Å². The van der Waals surface area contributed by atoms with Crippen molar-refractivity contribution in [3.63, 3.8) is 0 Å². The molecule has 0 saturated heterocycles. The van der Waals surface area contributed by atoms with Crippen molar-refractivity contribution in [1.29, 1.82) is 0 Å². The number of carbonyl (C=O) groups is 1. The largest absolute Gasteiger partial charge is 0.508 e. The first-order chi connectivity index (χ1) is 13.4. The number of phenols is 2. The number of hydrogen-bond acceptors (Lipinski definition) is 3. The number of aliphatic carboxylic acids is 1. The van der Waals surface area contributed by atoms with Gasteiger partial charge in [-0.1, -0.05) is 52.9 Å². The van der Waals surface area contributed by atoms with Gasteiger partial charge in [0.1, 0.15) is 11.5 Å². The van der Waals surface area contributed by atoms with Crippen LogP contribution in [0.4, 0.5) is 0 Å². The second-order valence-corrected chi connectivity index (χ2v) is 10.3. The molecule has 0 bridgehead atoms. The van der Waals surface area contributed by atoms with Crippen molar-refractivity contribution in [2.45, 2.75) is 105 Å². The molecule has 0 aliphatic rings. The lowest BCUT2D eigenvalue weighted by Crippen LogP contribution is -2.23. The fraction of sp³-hybridized carbons (Fsp3) is 0.720. The number of benzene rings is 1. The van der Waals surface area contributed by atoms with Crippen LogP contribution in [0.25, 0.3) is 0 Å². The Balaban J connectivity index is 2.49. The quantitative estimate of drug-likeness (QED) is 0.313. The van der Waals surface area contributed by atoms with Gasteiger partial charge >= 0.3 is 5.97 Å². The van der Waals surface area contributed by atoms with E-state index in [4.69, 9.17) is 0 Å². The summed E-state index contributed by atoms with van der Waals surface area (Å²) in [6.07, 6.45) is 10.9. The van der Waals surface area contributed by atoms with Gasteiger partial charge in [-0.05, 0) is 75.0 Å². The molecule has 0 heterocycles. The molecule has 29 heavy (non-hydrogen) atoms. The summed E-state index contributed by atoms with van der Waals surface area (Å²) in [4.78, 5) is 11.2. The molecule has 0 amide bonds. The monoisotopic (exact) mass is 406 g/mol. The number of carboxylic acids is 1. The van der Waals surface area contributed by atoms with Gasteiger partial charge < -0.3 is 15.3 Å². The van der Waals surface area contributed by atoms with Gasteiger partial charge in [0.15, 0.2) is 0 Å². The Hall–Kier alpha value is -1.71. The van der Waals surface area contributed by atoms with Crippen LogP contribution in [0.15, 0.2) is 12.1 Å². The van der Waals surface area contributed by atoms with Crippen molar-refractivity contribution < 1.29 is 20.1 Å². The molecule has 0 fully saturated rings. The third-order valence-corrected chi connectivity index (χ3v) is 5.73. The minimum absolute atomic E-state index is 0.122. The van der Waals surface area contributed by atoms with E-state index in [2.05, 4.69) is 20.8 Å². The van der Waals surface area contributed by atoms with Crippen molar-refractivity contribution in [2.75, 3.05) is 0 Å². The van der Waals surface area contributed by atoms with Crippen LogP contribution in [0, 0.1) is 10.8 Å². The van der Waals surface area contributed by atoms with E-state index in [1.54, 1.807) is 19.9 Å². The van der Waals surface area contributed by atoms with Crippen molar-refractivity contribution in [2.24, 2.45) is 10.8 Å². The molecular weight excluding hydrogens is 364 g/mol. The summed E-state index contributed by atoms with van der Waals surface area (Å²) in [6, 6.07) is 3.22. The molecule has 0 radical (unpaired) electrons. The molecule has 0 aliphatic heterocycles. The highest BCUT2D eigenvalue weighted by Gasteiger charge is 2.26. The first-order valence-electron chi connectivity index (χ1n) is 11.2. The van der Waals surface area contributed by atoms with E-state index in [-0.39, 0.29) is 11.5 Å². The van der Waals surface area contributed by atoms with Crippen molar-refractivity contribution in [3.8, 4) is 11.5 Å². The molecule has 1 aromatic carbocycles. The summed E-state index contributed by atoms with van der Waals surface area (Å²) >= 11 is 0. The maximum absolute atomic E-state index is 11.2. The second-order valence-electron chi connectivity index (χ2n) is 10.3. The smallest absolute Gasteiger partial charge is 0.309 e. The predicted octanol–water partition coefficient (Wildman–Crippen LogP) is 6.85. The number of rotatable bonds is 13. The second kappa shape index (κ2) is 11.5. The maximum atomic E-state index is 11.2. The first kappa shape index (κ1) is 25.3. The van der Waals surface area contributed by atoms with E-state index in [1.807, 2.05) is 0 Å². The molecule has 0 spiro atoms. The number of carboxylic acid groups (broad SMARTS) is 1. The summed E-state index contributed by atoms with van der Waals surface area (Å²) in [6.45, 7) is 10.4. The Morgan fingerprint density at radius 3 is 1.97 bits per heavy atom. The van der Waals surface area contributed by atoms with E-state index in [0.29, 0.717) is 11.8 Å². The zero-order chi connectivity index (χ0) is 22.1. The summed E-state index contributed by atoms with van der Waals surface area (Å²) in [7, 11) is 0. The Morgan fingerprint density at radius 2 is 1.34 bits per heavy atom. The van der Waals surface area contributed by atoms with Gasteiger partial charge in [-0.25, -0.2) is 0 Å². The fourth-order valence-electron chi connectivity index (χ4n) is 3.69. The molecule has 166 valence electrons. The van der Waals surface area contributed by atoms with E-state index in [9.17, 15) is 20.1 Å². The van der Waals surface area contributed by atoms with Crippen LogP contribution in [-0.2, 0) is 17.6 Å². The lowest BCUT2D eigenvalue weighted by molar-refractivity contribution is -0.147. The van der Waals surface area contributed by atoms with Crippen LogP contribution in [0.3, 0.4) is 0 Å². The molecule has 0 atom stereocenters. The average molecular weight is 407 g/mol. The Kier molecular flexibility index (Phi) is 10.0. The van der Waals surface area contributed by atoms with Crippen molar-refractivity contribution in [1.82, 2.24) is 0 Å². The van der Waals surface area contributed by atoms with Crippen LogP contribution in [0.2, 0.25) is 0 Å². The van der Waals surface area contributed by atoms with Crippen LogP contribution in [-0.4, -0.2) is 21.3 Å². The van der Waals surface area contributed by atoms with Crippen LogP contribution < -0.4 is 0 Å². The van der Waals surface area contributed by atoms with E-state index in [0.717, 1.165) is 56.1 Å². The number of aryl methyl sites for hydroxylation is 1. The third-order valence-electron chi connectivity index (χ3n) is 5.73. The van der Waals surface area contributed by atoms with Crippen molar-refractivity contribution in [3.05, 3.63) is 23.3 Å². The fourth-order valence-corrected chi connectivity index (χ4v) is 3.69. The van der Waals surface area contributed by atoms with Gasteiger partial charge in [0, 0.05) is 6.07 Å². The summed E-state index contributed by atoms with van der Waals surface area (Å²) in [5.74, 6) is -0.450. The summed E-state index contributed by atoms with van der Waals surface area (Å²) in [5.41, 5.74) is 1.70. The molecule has 0 aromatic heterocycles. The average Bonchev–Trinajstić information content (AvgIpc) is 2.58. The Labute approximate surface area is 177 Å². The molecular formula is C25H42O4. The van der Waals surface area contributed by atoms with Gasteiger partial charge in [-0.2, -0.15) is 0 Å². The molecule has 1 aromatic rings. The van der Waals surface area contributed by atoms with Gasteiger partial charge in [0.2, 0.25) is 0 Å². The molecule has 0 aliphatic carbocycles. The van der Waals surface area contributed by atoms with E-state index < -0.39 is 11.4 Å². The molecule has 0 saturated carbocycles. The van der Waals surface area contributed by atoms with Crippen LogP contribution in [0.5, 0.6) is 11.5 Å². The highest BCUT2D eigenvalue weighted by molar-refractivity contribution is 5.73. The summed E-state index contributed by atoms with van der Waals surface area (Å²) < 4.78 is 0. The van der Waals surface area contributed by atoms with Crippen LogP contribution >= 0.6 is 0 Å². The van der Waals surface area contributed by atoms with Crippen LogP contribution in [0.1, 0.15) is 104 Å². The SMILES string of the molecule is CC(C)(C)CCCCCCc1cc(O)cc(O)c1CCCCCC(C)(C)C(=O)O. The lowest BCUT2D eigenvalue weighted by Gasteiger charge is -2.18. The van der Waals surface area contributed by atoms with Gasteiger partial charge in [-0.3, -0.25) is 4.79 Å². The predicted molar refractivity (Wildman–Crippen MR) is 120 cm³/mol. The summed E-state index contributed by atoms with van der Waals surface area (Å²) in [5, 5.41) is 29.4. The third kappa shape index (κ3) is 10.0.